The number of amides is 1. The molecule has 2 heterocycles. The third kappa shape index (κ3) is 3.29. The van der Waals surface area contributed by atoms with Crippen LogP contribution < -0.4 is 10.1 Å². The van der Waals surface area contributed by atoms with Crippen LogP contribution in [0, 0.1) is 5.92 Å². The Hall–Kier alpha value is -2.27. The zero-order valence-corrected chi connectivity index (χ0v) is 15.1. The van der Waals surface area contributed by atoms with E-state index in [0.717, 1.165) is 16.7 Å². The molecule has 2 N–H and O–H groups in total. The normalized spacial score (nSPS) is 16.2. The van der Waals surface area contributed by atoms with Crippen molar-refractivity contribution < 1.29 is 9.53 Å². The summed E-state index contributed by atoms with van der Waals surface area (Å²) >= 11 is 1.72. The lowest BCUT2D eigenvalue weighted by Gasteiger charge is -2.23. The Morgan fingerprint density at radius 2 is 2.12 bits per heavy atom. The van der Waals surface area contributed by atoms with E-state index in [1.165, 1.54) is 30.6 Å². The van der Waals surface area contributed by atoms with E-state index in [9.17, 15) is 4.79 Å². The minimum atomic E-state index is -0.0412. The molecule has 1 amide bonds. The van der Waals surface area contributed by atoms with E-state index in [-0.39, 0.29) is 11.9 Å². The van der Waals surface area contributed by atoms with Crippen molar-refractivity contribution in [3.8, 4) is 5.75 Å². The summed E-state index contributed by atoms with van der Waals surface area (Å²) in [6.07, 6.45) is 4.89. The molecule has 0 spiro atoms. The number of hydrogen-bond donors (Lipinski definition) is 2. The molecular weight excluding hydrogens is 332 g/mol. The average molecular weight is 354 g/mol. The van der Waals surface area contributed by atoms with Gasteiger partial charge in [-0.15, -0.1) is 11.3 Å². The molecule has 1 aliphatic carbocycles. The quantitative estimate of drug-likeness (QED) is 0.685. The molecule has 25 heavy (non-hydrogen) atoms. The standard InChI is InChI=1S/C20H22N2O2S/c1-24-15-9-8-14-11-17(21-16(14)12-15)20(23)22-19(13-5-2-3-6-13)18-7-4-10-25-18/h4,7-13,19,21H,2-3,5-6H2,1H3,(H,22,23). The Morgan fingerprint density at radius 1 is 1.28 bits per heavy atom. The van der Waals surface area contributed by atoms with Crippen molar-refractivity contribution in [2.24, 2.45) is 5.92 Å². The number of nitrogens with one attached hydrogen (secondary N) is 2. The number of methoxy groups -OCH3 is 1. The van der Waals surface area contributed by atoms with Crippen molar-refractivity contribution in [1.29, 1.82) is 0 Å². The number of hydrogen-bond acceptors (Lipinski definition) is 3. The summed E-state index contributed by atoms with van der Waals surface area (Å²) in [5.74, 6) is 1.27. The Labute approximate surface area is 151 Å². The number of ether oxygens (including phenoxy) is 1. The van der Waals surface area contributed by atoms with Gasteiger partial charge < -0.3 is 15.0 Å². The van der Waals surface area contributed by atoms with Crippen LogP contribution in [0.2, 0.25) is 0 Å². The summed E-state index contributed by atoms with van der Waals surface area (Å²) in [5, 5.41) is 6.37. The predicted molar refractivity (Wildman–Crippen MR) is 101 cm³/mol. The maximum Gasteiger partial charge on any atom is 0.268 e. The molecule has 1 aliphatic rings. The summed E-state index contributed by atoms with van der Waals surface area (Å²) in [6, 6.07) is 12.0. The van der Waals surface area contributed by atoms with Gasteiger partial charge in [0, 0.05) is 21.8 Å². The Kier molecular flexibility index (Phi) is 4.49. The zero-order valence-electron chi connectivity index (χ0n) is 14.2. The van der Waals surface area contributed by atoms with Crippen molar-refractivity contribution in [3.05, 3.63) is 52.3 Å². The molecule has 1 aromatic carbocycles. The number of H-pyrrole nitrogens is 1. The SMILES string of the molecule is COc1ccc2cc(C(=O)NC(c3cccs3)C3CCCC3)[nH]c2c1. The third-order valence-corrected chi connectivity index (χ3v) is 6.04. The second kappa shape index (κ2) is 6.92. The zero-order chi connectivity index (χ0) is 17.2. The number of carbonyl (C=O) groups is 1. The Balaban J connectivity index is 1.58. The number of benzene rings is 1. The molecule has 0 radical (unpaired) electrons. The molecular formula is C20H22N2O2S. The van der Waals surface area contributed by atoms with Gasteiger partial charge in [-0.05, 0) is 48.4 Å². The monoisotopic (exact) mass is 354 g/mol. The topological polar surface area (TPSA) is 54.1 Å². The largest absolute Gasteiger partial charge is 0.497 e. The van der Waals surface area contributed by atoms with Gasteiger partial charge in [-0.3, -0.25) is 4.79 Å². The van der Waals surface area contributed by atoms with Gasteiger partial charge >= 0.3 is 0 Å². The number of rotatable bonds is 5. The van der Waals surface area contributed by atoms with Crippen LogP contribution in [0.15, 0.2) is 41.8 Å². The molecule has 1 unspecified atom stereocenters. The van der Waals surface area contributed by atoms with Crippen LogP contribution in [0.25, 0.3) is 10.9 Å². The van der Waals surface area contributed by atoms with Crippen LogP contribution in [0.4, 0.5) is 0 Å². The van der Waals surface area contributed by atoms with Gasteiger partial charge in [-0.2, -0.15) is 0 Å². The fourth-order valence-electron chi connectivity index (χ4n) is 3.75. The van der Waals surface area contributed by atoms with Crippen LogP contribution in [0.1, 0.15) is 47.1 Å². The van der Waals surface area contributed by atoms with E-state index in [0.29, 0.717) is 11.6 Å². The molecule has 0 aliphatic heterocycles. The molecule has 1 fully saturated rings. The summed E-state index contributed by atoms with van der Waals surface area (Å²) in [7, 11) is 1.64. The number of aromatic nitrogens is 1. The fraction of sp³-hybridized carbons (Fsp3) is 0.350. The first-order chi connectivity index (χ1) is 12.2. The summed E-state index contributed by atoms with van der Waals surface area (Å²) in [6.45, 7) is 0. The molecule has 130 valence electrons. The highest BCUT2D eigenvalue weighted by Crippen LogP contribution is 2.37. The van der Waals surface area contributed by atoms with Gasteiger partial charge in [0.2, 0.25) is 0 Å². The highest BCUT2D eigenvalue weighted by atomic mass is 32.1. The Bertz CT molecular complexity index is 863. The number of carbonyl (C=O) groups excluding carboxylic acids is 1. The lowest BCUT2D eigenvalue weighted by atomic mass is 9.96. The van der Waals surface area contributed by atoms with Gasteiger partial charge in [-0.25, -0.2) is 0 Å². The second-order valence-electron chi connectivity index (χ2n) is 6.65. The lowest BCUT2D eigenvalue weighted by Crippen LogP contribution is -2.32. The van der Waals surface area contributed by atoms with Gasteiger partial charge in [0.1, 0.15) is 11.4 Å². The first-order valence-electron chi connectivity index (χ1n) is 8.75. The van der Waals surface area contributed by atoms with Crippen LogP contribution in [0.3, 0.4) is 0 Å². The predicted octanol–water partition coefficient (Wildman–Crippen LogP) is 4.90. The lowest BCUT2D eigenvalue weighted by molar-refractivity contribution is 0.0918. The maximum atomic E-state index is 12.9. The average Bonchev–Trinajstić information content (AvgIpc) is 3.40. The van der Waals surface area contributed by atoms with E-state index >= 15 is 0 Å². The van der Waals surface area contributed by atoms with E-state index in [1.54, 1.807) is 18.4 Å². The molecule has 4 rings (SSSR count). The third-order valence-electron chi connectivity index (χ3n) is 5.08. The summed E-state index contributed by atoms with van der Waals surface area (Å²) < 4.78 is 5.25. The van der Waals surface area contributed by atoms with Gasteiger partial charge in [0.25, 0.3) is 5.91 Å². The van der Waals surface area contributed by atoms with Crippen molar-refractivity contribution in [1.82, 2.24) is 10.3 Å². The van der Waals surface area contributed by atoms with Gasteiger partial charge in [-0.1, -0.05) is 18.9 Å². The minimum Gasteiger partial charge on any atom is -0.497 e. The summed E-state index contributed by atoms with van der Waals surface area (Å²) in [5.41, 5.74) is 1.51. The van der Waals surface area contributed by atoms with Crippen LogP contribution in [0.5, 0.6) is 5.75 Å². The van der Waals surface area contributed by atoms with Crippen LogP contribution in [-0.2, 0) is 0 Å². The molecule has 3 aromatic rings. The molecule has 0 saturated heterocycles. The van der Waals surface area contributed by atoms with Crippen molar-refractivity contribution in [3.63, 3.8) is 0 Å². The molecule has 4 nitrogen and oxygen atoms in total. The maximum absolute atomic E-state index is 12.9. The molecule has 0 bridgehead atoms. The molecule has 2 aromatic heterocycles. The first kappa shape index (κ1) is 16.2. The second-order valence-corrected chi connectivity index (χ2v) is 7.63. The van der Waals surface area contributed by atoms with Crippen LogP contribution in [-0.4, -0.2) is 18.0 Å². The first-order valence-corrected chi connectivity index (χ1v) is 9.63. The number of aromatic amines is 1. The smallest absolute Gasteiger partial charge is 0.268 e. The highest BCUT2D eigenvalue weighted by Gasteiger charge is 2.29. The molecule has 5 heteroatoms. The van der Waals surface area contributed by atoms with Crippen molar-refractivity contribution in [2.75, 3.05) is 7.11 Å². The van der Waals surface area contributed by atoms with E-state index in [2.05, 4.69) is 27.8 Å². The summed E-state index contributed by atoms with van der Waals surface area (Å²) in [4.78, 5) is 17.3. The van der Waals surface area contributed by atoms with E-state index in [4.69, 9.17) is 4.74 Å². The van der Waals surface area contributed by atoms with Crippen molar-refractivity contribution >= 4 is 28.1 Å². The minimum absolute atomic E-state index is 0.0412. The van der Waals surface area contributed by atoms with E-state index in [1.807, 2.05) is 24.3 Å². The number of fused-ring (bicyclic) bond motifs is 1. The fourth-order valence-corrected chi connectivity index (χ4v) is 4.62. The molecule has 1 saturated carbocycles. The van der Waals surface area contributed by atoms with Gasteiger partial charge in [0.05, 0.1) is 13.2 Å². The van der Waals surface area contributed by atoms with Gasteiger partial charge in [0.15, 0.2) is 0 Å². The number of thiophene rings is 1. The highest BCUT2D eigenvalue weighted by molar-refractivity contribution is 7.10. The van der Waals surface area contributed by atoms with Crippen LogP contribution >= 0.6 is 11.3 Å². The Morgan fingerprint density at radius 3 is 2.84 bits per heavy atom. The molecule has 1 atom stereocenters. The van der Waals surface area contributed by atoms with Crippen molar-refractivity contribution in [2.45, 2.75) is 31.7 Å². The van der Waals surface area contributed by atoms with E-state index < -0.39 is 0 Å².